The molecule has 1 N–H and O–H groups in total. The minimum absolute atomic E-state index is 0.191. The van der Waals surface area contributed by atoms with E-state index in [-0.39, 0.29) is 11.9 Å². The summed E-state index contributed by atoms with van der Waals surface area (Å²) in [6, 6.07) is 21.1. The van der Waals surface area contributed by atoms with Gasteiger partial charge in [-0.1, -0.05) is 42.5 Å². The van der Waals surface area contributed by atoms with E-state index in [1.165, 1.54) is 0 Å². The molecule has 150 valence electrons. The Morgan fingerprint density at radius 1 is 1.07 bits per heavy atom. The molecule has 3 rings (SSSR count). The molecule has 1 heterocycles. The standard InChI is InChI=1S/C24H26N2O3/c1-18(26-24(27)23-10-6-7-14-25-23)22-16-21(28-2)12-11-20(22)13-15-29-17-19-8-4-3-5-9-19/h3-12,14,16,18H,13,15,17H2,1-2H3,(H,26,27)/t18-/m0/s1. The first-order valence-corrected chi connectivity index (χ1v) is 9.67. The predicted molar refractivity (Wildman–Crippen MR) is 113 cm³/mol. The molecule has 29 heavy (non-hydrogen) atoms. The smallest absolute Gasteiger partial charge is 0.270 e. The van der Waals surface area contributed by atoms with Gasteiger partial charge in [-0.05, 0) is 54.3 Å². The molecular formula is C24H26N2O3. The minimum Gasteiger partial charge on any atom is -0.497 e. The van der Waals surface area contributed by atoms with Gasteiger partial charge >= 0.3 is 0 Å². The Labute approximate surface area is 171 Å². The zero-order valence-electron chi connectivity index (χ0n) is 16.8. The number of ether oxygens (including phenoxy) is 2. The second-order valence-corrected chi connectivity index (χ2v) is 6.76. The van der Waals surface area contributed by atoms with Gasteiger partial charge in [0.05, 0.1) is 26.4 Å². The Bertz CT molecular complexity index is 914. The number of nitrogens with one attached hydrogen (secondary N) is 1. The van der Waals surface area contributed by atoms with Crippen LogP contribution in [0.4, 0.5) is 0 Å². The Morgan fingerprint density at radius 3 is 2.59 bits per heavy atom. The Hall–Kier alpha value is -3.18. The van der Waals surface area contributed by atoms with E-state index < -0.39 is 0 Å². The van der Waals surface area contributed by atoms with Gasteiger partial charge in [-0.15, -0.1) is 0 Å². The van der Waals surface area contributed by atoms with Crippen molar-refractivity contribution in [1.82, 2.24) is 10.3 Å². The maximum atomic E-state index is 12.5. The number of aromatic nitrogens is 1. The summed E-state index contributed by atoms with van der Waals surface area (Å²) >= 11 is 0. The largest absolute Gasteiger partial charge is 0.497 e. The Kier molecular flexibility index (Phi) is 7.36. The van der Waals surface area contributed by atoms with Crippen LogP contribution in [-0.4, -0.2) is 24.6 Å². The van der Waals surface area contributed by atoms with Crippen LogP contribution in [0.2, 0.25) is 0 Å². The summed E-state index contributed by atoms with van der Waals surface area (Å²) in [5.41, 5.74) is 3.68. The summed E-state index contributed by atoms with van der Waals surface area (Å²) in [7, 11) is 1.64. The highest BCUT2D eigenvalue weighted by Crippen LogP contribution is 2.24. The third-order valence-electron chi connectivity index (χ3n) is 4.69. The monoisotopic (exact) mass is 390 g/mol. The van der Waals surface area contributed by atoms with E-state index in [4.69, 9.17) is 9.47 Å². The van der Waals surface area contributed by atoms with Crippen molar-refractivity contribution in [1.29, 1.82) is 0 Å². The number of rotatable bonds is 9. The van der Waals surface area contributed by atoms with Gasteiger partial charge in [0, 0.05) is 6.20 Å². The van der Waals surface area contributed by atoms with Gasteiger partial charge < -0.3 is 14.8 Å². The second kappa shape index (κ2) is 10.4. The third kappa shape index (κ3) is 5.90. The highest BCUT2D eigenvalue weighted by Gasteiger charge is 2.16. The van der Waals surface area contributed by atoms with Crippen LogP contribution in [0.1, 0.15) is 40.1 Å². The SMILES string of the molecule is COc1ccc(CCOCc2ccccc2)c([C@H](C)NC(=O)c2ccccn2)c1. The van der Waals surface area contributed by atoms with E-state index in [0.717, 1.165) is 28.9 Å². The molecular weight excluding hydrogens is 364 g/mol. The van der Waals surface area contributed by atoms with E-state index in [1.807, 2.05) is 55.5 Å². The molecule has 0 bridgehead atoms. The van der Waals surface area contributed by atoms with Crippen LogP contribution in [0.5, 0.6) is 5.75 Å². The van der Waals surface area contributed by atoms with Crippen molar-refractivity contribution in [3.05, 3.63) is 95.3 Å². The van der Waals surface area contributed by atoms with E-state index in [0.29, 0.717) is 18.9 Å². The molecule has 1 aromatic heterocycles. The first-order chi connectivity index (χ1) is 14.2. The lowest BCUT2D eigenvalue weighted by Crippen LogP contribution is -2.28. The van der Waals surface area contributed by atoms with Gasteiger partial charge in [-0.25, -0.2) is 0 Å². The number of amides is 1. The lowest BCUT2D eigenvalue weighted by molar-refractivity contribution is 0.0934. The summed E-state index contributed by atoms with van der Waals surface area (Å²) in [6.07, 6.45) is 2.36. The molecule has 5 heteroatoms. The molecule has 2 aromatic carbocycles. The minimum atomic E-state index is -0.202. The predicted octanol–water partition coefficient (Wildman–Crippen LogP) is 4.34. The van der Waals surface area contributed by atoms with Crippen LogP contribution >= 0.6 is 0 Å². The maximum Gasteiger partial charge on any atom is 0.270 e. The molecule has 0 aliphatic carbocycles. The third-order valence-corrected chi connectivity index (χ3v) is 4.69. The Balaban J connectivity index is 1.65. The fourth-order valence-electron chi connectivity index (χ4n) is 3.12. The molecule has 0 spiro atoms. The zero-order valence-corrected chi connectivity index (χ0v) is 16.8. The van der Waals surface area contributed by atoms with Crippen molar-refractivity contribution in [2.45, 2.75) is 26.0 Å². The normalized spacial score (nSPS) is 11.7. The molecule has 0 radical (unpaired) electrons. The van der Waals surface area contributed by atoms with Crippen LogP contribution in [0, 0.1) is 0 Å². The second-order valence-electron chi connectivity index (χ2n) is 6.76. The molecule has 5 nitrogen and oxygen atoms in total. The van der Waals surface area contributed by atoms with Crippen molar-refractivity contribution in [3.8, 4) is 5.75 Å². The molecule has 1 atom stereocenters. The first-order valence-electron chi connectivity index (χ1n) is 9.67. The molecule has 1 amide bonds. The van der Waals surface area contributed by atoms with Gasteiger partial charge in [-0.3, -0.25) is 9.78 Å². The molecule has 0 saturated carbocycles. The summed E-state index contributed by atoms with van der Waals surface area (Å²) in [4.78, 5) is 16.6. The van der Waals surface area contributed by atoms with Gasteiger partial charge in [0.2, 0.25) is 0 Å². The lowest BCUT2D eigenvalue weighted by Gasteiger charge is -2.19. The molecule has 0 unspecified atom stereocenters. The number of carbonyl (C=O) groups is 1. The van der Waals surface area contributed by atoms with Crippen molar-refractivity contribution < 1.29 is 14.3 Å². The van der Waals surface area contributed by atoms with E-state index >= 15 is 0 Å². The number of hydrogen-bond acceptors (Lipinski definition) is 4. The summed E-state index contributed by atoms with van der Waals surface area (Å²) in [6.45, 7) is 3.14. The number of hydrogen-bond donors (Lipinski definition) is 1. The van der Waals surface area contributed by atoms with Crippen LogP contribution in [0.15, 0.2) is 72.9 Å². The number of nitrogens with zero attached hydrogens (tertiary/aromatic N) is 1. The van der Waals surface area contributed by atoms with E-state index in [2.05, 4.69) is 10.3 Å². The van der Waals surface area contributed by atoms with Gasteiger partial charge in [-0.2, -0.15) is 0 Å². The molecule has 3 aromatic rings. The summed E-state index contributed by atoms with van der Waals surface area (Å²) < 4.78 is 11.2. The molecule has 0 aliphatic rings. The van der Waals surface area contributed by atoms with Crippen LogP contribution in [-0.2, 0) is 17.8 Å². The fraction of sp³-hybridized carbons (Fsp3) is 0.250. The van der Waals surface area contributed by atoms with Crippen molar-refractivity contribution in [2.75, 3.05) is 13.7 Å². The molecule has 0 fully saturated rings. The van der Waals surface area contributed by atoms with Crippen LogP contribution in [0.3, 0.4) is 0 Å². The number of methoxy groups -OCH3 is 1. The van der Waals surface area contributed by atoms with Crippen LogP contribution < -0.4 is 10.1 Å². The van der Waals surface area contributed by atoms with E-state index in [9.17, 15) is 4.79 Å². The number of benzene rings is 2. The first kappa shape index (κ1) is 20.6. The fourth-order valence-corrected chi connectivity index (χ4v) is 3.12. The average molecular weight is 390 g/mol. The van der Waals surface area contributed by atoms with Crippen molar-refractivity contribution >= 4 is 5.91 Å². The lowest BCUT2D eigenvalue weighted by atomic mass is 9.98. The number of pyridine rings is 1. The van der Waals surface area contributed by atoms with Crippen LogP contribution in [0.25, 0.3) is 0 Å². The summed E-state index contributed by atoms with van der Waals surface area (Å²) in [5.74, 6) is 0.556. The highest BCUT2D eigenvalue weighted by molar-refractivity contribution is 5.92. The van der Waals surface area contributed by atoms with Gasteiger partial charge in [0.25, 0.3) is 5.91 Å². The summed E-state index contributed by atoms with van der Waals surface area (Å²) in [5, 5.41) is 3.02. The van der Waals surface area contributed by atoms with Crippen molar-refractivity contribution in [2.24, 2.45) is 0 Å². The highest BCUT2D eigenvalue weighted by atomic mass is 16.5. The quantitative estimate of drug-likeness (QED) is 0.552. The molecule has 0 saturated heterocycles. The van der Waals surface area contributed by atoms with Crippen molar-refractivity contribution in [3.63, 3.8) is 0 Å². The Morgan fingerprint density at radius 2 is 1.86 bits per heavy atom. The van der Waals surface area contributed by atoms with Gasteiger partial charge in [0.1, 0.15) is 11.4 Å². The van der Waals surface area contributed by atoms with E-state index in [1.54, 1.807) is 31.5 Å². The zero-order chi connectivity index (χ0) is 20.5. The average Bonchev–Trinajstić information content (AvgIpc) is 2.78. The maximum absolute atomic E-state index is 12.5. The molecule has 0 aliphatic heterocycles. The number of carbonyl (C=O) groups excluding carboxylic acids is 1. The topological polar surface area (TPSA) is 60.5 Å². The van der Waals surface area contributed by atoms with Gasteiger partial charge in [0.15, 0.2) is 0 Å².